The number of fused-ring (bicyclic) bond motifs is 8. The molecule has 0 aliphatic carbocycles. The highest BCUT2D eigenvalue weighted by molar-refractivity contribution is 6.33. The molecule has 0 spiro atoms. The van der Waals surface area contributed by atoms with E-state index >= 15 is 0 Å². The molecule has 0 N–H and O–H groups in total. The number of benzene rings is 5. The lowest BCUT2D eigenvalue weighted by atomic mass is 9.90. The van der Waals surface area contributed by atoms with Crippen LogP contribution in [0.1, 0.15) is 0 Å². The van der Waals surface area contributed by atoms with Crippen LogP contribution >= 0.6 is 0 Å². The Morgan fingerprint density at radius 1 is 0.293 bits per heavy atom. The van der Waals surface area contributed by atoms with Gasteiger partial charge in [0.1, 0.15) is 0 Å². The van der Waals surface area contributed by atoms with E-state index in [1.807, 2.05) is 78.9 Å². The van der Waals surface area contributed by atoms with Gasteiger partial charge in [-0.25, -0.2) is 19.9 Å². The molecule has 6 heterocycles. The van der Waals surface area contributed by atoms with Gasteiger partial charge in [-0.15, -0.1) is 0 Å². The second-order valence-electron chi connectivity index (χ2n) is 14.0. The summed E-state index contributed by atoms with van der Waals surface area (Å²) in [6.45, 7) is 0. The molecule has 0 saturated heterocycles. The van der Waals surface area contributed by atoms with Crippen molar-refractivity contribution in [1.82, 2.24) is 39.9 Å². The SMILES string of the molecule is c1ccc(-c2ccc(-c3nc(-c4ccc(-c5ccccn5)nc4)nc(-c4cccc(-c5nc6ccccc6c6c7ccccc7c7ccccc7c56)c4)n3)cn2)nc1. The molecule has 58 heavy (non-hydrogen) atoms. The van der Waals surface area contributed by atoms with Gasteiger partial charge < -0.3 is 0 Å². The predicted octanol–water partition coefficient (Wildman–Crippen LogP) is 11.5. The summed E-state index contributed by atoms with van der Waals surface area (Å²) in [6, 6.07) is 53.4. The zero-order valence-electron chi connectivity index (χ0n) is 30.9. The molecule has 0 fully saturated rings. The van der Waals surface area contributed by atoms with Gasteiger partial charge in [0, 0.05) is 63.2 Å². The molecule has 0 bridgehead atoms. The Morgan fingerprint density at radius 3 is 1.33 bits per heavy atom. The Bertz CT molecular complexity index is 3220. The van der Waals surface area contributed by atoms with Crippen LogP contribution in [0.2, 0.25) is 0 Å². The molecule has 0 saturated carbocycles. The van der Waals surface area contributed by atoms with Crippen molar-refractivity contribution in [2.45, 2.75) is 0 Å². The fraction of sp³-hybridized carbons (Fsp3) is 0. The smallest absolute Gasteiger partial charge is 0.165 e. The van der Waals surface area contributed by atoms with Crippen molar-refractivity contribution in [3.63, 3.8) is 0 Å². The molecule has 0 atom stereocenters. The molecule has 0 amide bonds. The molecule has 8 heteroatoms. The minimum absolute atomic E-state index is 0.492. The fourth-order valence-corrected chi connectivity index (χ4v) is 7.79. The maximum atomic E-state index is 5.38. The molecule has 11 rings (SSSR count). The summed E-state index contributed by atoms with van der Waals surface area (Å²) in [4.78, 5) is 38.9. The predicted molar refractivity (Wildman–Crippen MR) is 231 cm³/mol. The molecule has 0 aliphatic rings. The first-order chi connectivity index (χ1) is 28.7. The standard InChI is InChI=1S/C50H30N8/c1-3-16-37-35(14-1)36-15-2-4-17-38(36)46-45(37)39-18-5-6-19-40(39)55-47(46)31-12-11-13-32(28-31)48-56-49(33-22-24-43(53-29-33)41-20-7-9-26-51-41)58-50(57-48)34-23-25-44(54-30-34)42-21-8-10-27-52-42/h1-30H. The highest BCUT2D eigenvalue weighted by Gasteiger charge is 2.19. The molecule has 0 unspecified atom stereocenters. The van der Waals surface area contributed by atoms with E-state index in [4.69, 9.17) is 29.9 Å². The Morgan fingerprint density at radius 2 is 0.776 bits per heavy atom. The summed E-state index contributed by atoms with van der Waals surface area (Å²) in [5, 5.41) is 8.19. The van der Waals surface area contributed by atoms with Crippen molar-refractivity contribution >= 4 is 43.2 Å². The Labute approximate surface area is 332 Å². The molecule has 0 aliphatic heterocycles. The number of aromatic nitrogens is 8. The zero-order chi connectivity index (χ0) is 38.4. The highest BCUT2D eigenvalue weighted by Crippen LogP contribution is 2.43. The maximum Gasteiger partial charge on any atom is 0.165 e. The third-order valence-electron chi connectivity index (χ3n) is 10.5. The molecular weight excluding hydrogens is 713 g/mol. The Hall–Kier alpha value is -8.10. The Kier molecular flexibility index (Phi) is 7.96. The zero-order valence-corrected chi connectivity index (χ0v) is 30.9. The van der Waals surface area contributed by atoms with E-state index in [2.05, 4.69) is 88.8 Å². The van der Waals surface area contributed by atoms with Gasteiger partial charge >= 0.3 is 0 Å². The Balaban J connectivity index is 1.10. The van der Waals surface area contributed by atoms with Crippen LogP contribution in [-0.2, 0) is 0 Å². The van der Waals surface area contributed by atoms with Crippen LogP contribution in [-0.4, -0.2) is 39.9 Å². The van der Waals surface area contributed by atoms with Crippen LogP contribution in [0.4, 0.5) is 0 Å². The van der Waals surface area contributed by atoms with Crippen LogP contribution in [0.25, 0.3) is 111 Å². The monoisotopic (exact) mass is 742 g/mol. The largest absolute Gasteiger partial charge is 0.255 e. The normalized spacial score (nSPS) is 11.4. The van der Waals surface area contributed by atoms with E-state index in [9.17, 15) is 0 Å². The van der Waals surface area contributed by atoms with Gasteiger partial charge in [0.2, 0.25) is 0 Å². The van der Waals surface area contributed by atoms with Gasteiger partial charge in [0.25, 0.3) is 0 Å². The van der Waals surface area contributed by atoms with E-state index in [-0.39, 0.29) is 0 Å². The topological polar surface area (TPSA) is 103 Å². The van der Waals surface area contributed by atoms with Crippen molar-refractivity contribution in [1.29, 1.82) is 0 Å². The molecule has 0 radical (unpaired) electrons. The van der Waals surface area contributed by atoms with Crippen molar-refractivity contribution in [2.24, 2.45) is 0 Å². The van der Waals surface area contributed by atoms with Crippen LogP contribution in [0, 0.1) is 0 Å². The van der Waals surface area contributed by atoms with Crippen molar-refractivity contribution in [3.05, 3.63) is 183 Å². The average Bonchev–Trinajstić information content (AvgIpc) is 3.31. The number of hydrogen-bond donors (Lipinski definition) is 0. The lowest BCUT2D eigenvalue weighted by Gasteiger charge is -2.16. The quantitative estimate of drug-likeness (QED) is 0.155. The second kappa shape index (κ2) is 13.9. The second-order valence-corrected chi connectivity index (χ2v) is 14.0. The third-order valence-corrected chi connectivity index (χ3v) is 10.5. The molecule has 270 valence electrons. The van der Waals surface area contributed by atoms with Crippen LogP contribution in [0.5, 0.6) is 0 Å². The van der Waals surface area contributed by atoms with Crippen molar-refractivity contribution < 1.29 is 0 Å². The molecule has 6 aromatic heterocycles. The van der Waals surface area contributed by atoms with Gasteiger partial charge in [0.15, 0.2) is 17.5 Å². The first-order valence-electron chi connectivity index (χ1n) is 19.0. The lowest BCUT2D eigenvalue weighted by molar-refractivity contribution is 1.07. The van der Waals surface area contributed by atoms with E-state index in [1.165, 1.54) is 21.5 Å². The highest BCUT2D eigenvalue weighted by atomic mass is 15.0. The van der Waals surface area contributed by atoms with Gasteiger partial charge in [-0.2, -0.15) is 0 Å². The minimum Gasteiger partial charge on any atom is -0.255 e. The summed E-state index contributed by atoms with van der Waals surface area (Å²) in [5.41, 5.74) is 8.22. The first-order valence-corrected chi connectivity index (χ1v) is 19.0. The van der Waals surface area contributed by atoms with Crippen LogP contribution in [0.3, 0.4) is 0 Å². The van der Waals surface area contributed by atoms with Crippen molar-refractivity contribution in [2.75, 3.05) is 0 Å². The van der Waals surface area contributed by atoms with E-state index in [0.717, 1.165) is 72.4 Å². The van der Waals surface area contributed by atoms with E-state index in [0.29, 0.717) is 17.5 Å². The van der Waals surface area contributed by atoms with Crippen molar-refractivity contribution in [3.8, 4) is 68.2 Å². The van der Waals surface area contributed by atoms with E-state index in [1.54, 1.807) is 24.8 Å². The molecule has 5 aromatic carbocycles. The maximum absolute atomic E-state index is 5.38. The van der Waals surface area contributed by atoms with Gasteiger partial charge in [0.05, 0.1) is 34.0 Å². The van der Waals surface area contributed by atoms with Gasteiger partial charge in [-0.05, 0) is 82.2 Å². The van der Waals surface area contributed by atoms with E-state index < -0.39 is 0 Å². The van der Waals surface area contributed by atoms with Gasteiger partial charge in [-0.3, -0.25) is 19.9 Å². The number of rotatable bonds is 6. The fourth-order valence-electron chi connectivity index (χ4n) is 7.79. The number of hydrogen-bond acceptors (Lipinski definition) is 8. The van der Waals surface area contributed by atoms with Crippen LogP contribution in [0.15, 0.2) is 183 Å². The number of pyridine rings is 5. The molecular formula is C50H30N8. The van der Waals surface area contributed by atoms with Gasteiger partial charge in [-0.1, -0.05) is 97.1 Å². The number of nitrogens with zero attached hydrogens (tertiary/aromatic N) is 8. The number of para-hydroxylation sites is 1. The molecule has 8 nitrogen and oxygen atoms in total. The summed E-state index contributed by atoms with van der Waals surface area (Å²) in [6.07, 6.45) is 7.09. The third kappa shape index (κ3) is 5.79. The summed E-state index contributed by atoms with van der Waals surface area (Å²) < 4.78 is 0. The minimum atomic E-state index is 0.492. The first kappa shape index (κ1) is 33.3. The average molecular weight is 743 g/mol. The summed E-state index contributed by atoms with van der Waals surface area (Å²) >= 11 is 0. The summed E-state index contributed by atoms with van der Waals surface area (Å²) in [7, 11) is 0. The lowest BCUT2D eigenvalue weighted by Crippen LogP contribution is -2.01. The summed E-state index contributed by atoms with van der Waals surface area (Å²) in [5.74, 6) is 1.50. The van der Waals surface area contributed by atoms with Crippen LogP contribution < -0.4 is 0 Å². The molecule has 11 aromatic rings.